The Hall–Kier alpha value is -4.57. The van der Waals surface area contributed by atoms with Gasteiger partial charge in [-0.1, -0.05) is 93.8 Å². The fourth-order valence-electron chi connectivity index (χ4n) is 6.49. The number of benzene rings is 3. The summed E-state index contributed by atoms with van der Waals surface area (Å²) in [5.41, 5.74) is 22.5. The van der Waals surface area contributed by atoms with Crippen LogP contribution in [0.4, 0.5) is 5.69 Å². The second-order valence-corrected chi connectivity index (χ2v) is 14.2. The third-order valence-corrected chi connectivity index (χ3v) is 10.6. The van der Waals surface area contributed by atoms with Crippen LogP contribution in [-0.4, -0.2) is 15.0 Å². The van der Waals surface area contributed by atoms with Crippen LogP contribution < -0.4 is 5.73 Å². The van der Waals surface area contributed by atoms with Crippen LogP contribution in [-0.2, 0) is 12.8 Å². The largest absolute Gasteiger partial charge is 0.398 e. The lowest BCUT2D eigenvalue weighted by atomic mass is 9.89. The van der Waals surface area contributed by atoms with Crippen LogP contribution in [0.25, 0.3) is 34.2 Å². The summed E-state index contributed by atoms with van der Waals surface area (Å²) in [6.45, 7) is 33.4. The van der Waals surface area contributed by atoms with Crippen molar-refractivity contribution in [3.8, 4) is 34.2 Å². The second-order valence-electron chi connectivity index (χ2n) is 14.2. The maximum atomic E-state index is 6.92. The molecule has 4 aromatic rings. The van der Waals surface area contributed by atoms with Gasteiger partial charge in [0.25, 0.3) is 0 Å². The highest BCUT2D eigenvalue weighted by Crippen LogP contribution is 2.35. The van der Waals surface area contributed by atoms with Gasteiger partial charge in [0, 0.05) is 22.4 Å². The molecule has 0 aliphatic rings. The molecule has 0 aliphatic heterocycles. The van der Waals surface area contributed by atoms with Gasteiger partial charge in [-0.2, -0.15) is 0 Å². The number of nitrogen functional groups attached to an aromatic ring is 1. The highest BCUT2D eigenvalue weighted by Gasteiger charge is 2.20. The summed E-state index contributed by atoms with van der Waals surface area (Å²) in [5.74, 6) is 2.95. The number of nitrogens with two attached hydrogens (primary N) is 1. The number of anilines is 1. The molecule has 0 amide bonds. The van der Waals surface area contributed by atoms with Gasteiger partial charge in [0.05, 0.1) is 0 Å². The fraction of sp³-hybridized carbons (Fsp3) is 0.356. The first-order valence-electron chi connectivity index (χ1n) is 17.7. The Morgan fingerprint density at radius 3 is 1.49 bits per heavy atom. The molecule has 0 bridgehead atoms. The molecule has 4 nitrogen and oxygen atoms in total. The van der Waals surface area contributed by atoms with E-state index in [0.29, 0.717) is 29.3 Å². The van der Waals surface area contributed by atoms with Gasteiger partial charge in [-0.05, 0) is 142 Å². The van der Waals surface area contributed by atoms with Crippen LogP contribution >= 0.6 is 0 Å². The standard InChI is InChI=1S/C45H56N4/c1-13-27(3)15-17-29(5)25-37-20-23-40(35(11)33(37)9)44-47-43(39-22-19-31(7)32(8)34(39)10)48-45(49-44)41-24-21-38(36(12)42(41)46)26-30(6)18-16-28(4)14-2/h13-14,19-24,29-30H,1-4,15-18,25-26,46H2,5-12H3. The zero-order valence-electron chi connectivity index (χ0n) is 31.3. The van der Waals surface area contributed by atoms with Gasteiger partial charge in [-0.25, -0.2) is 15.0 Å². The molecule has 0 saturated heterocycles. The van der Waals surface area contributed by atoms with Crippen LogP contribution in [0.1, 0.15) is 84.0 Å². The van der Waals surface area contributed by atoms with E-state index in [2.05, 4.69) is 118 Å². The van der Waals surface area contributed by atoms with E-state index in [1.165, 1.54) is 38.9 Å². The summed E-state index contributed by atoms with van der Waals surface area (Å²) in [5, 5.41) is 0. The van der Waals surface area contributed by atoms with E-state index in [-0.39, 0.29) is 0 Å². The minimum Gasteiger partial charge on any atom is -0.398 e. The van der Waals surface area contributed by atoms with Gasteiger partial charge in [-0.3, -0.25) is 0 Å². The number of aryl methyl sites for hydroxylation is 1. The Morgan fingerprint density at radius 2 is 1.00 bits per heavy atom. The molecule has 0 spiro atoms. The second kappa shape index (κ2) is 16.2. The van der Waals surface area contributed by atoms with Gasteiger partial charge < -0.3 is 5.73 Å². The van der Waals surface area contributed by atoms with Crippen molar-refractivity contribution < 1.29 is 0 Å². The Balaban J connectivity index is 1.79. The quantitative estimate of drug-likeness (QED) is 0.102. The molecule has 0 saturated carbocycles. The van der Waals surface area contributed by atoms with Gasteiger partial charge in [-0.15, -0.1) is 0 Å². The molecule has 49 heavy (non-hydrogen) atoms. The summed E-state index contributed by atoms with van der Waals surface area (Å²) in [7, 11) is 0. The Bertz CT molecular complexity index is 1790. The molecule has 1 heterocycles. The van der Waals surface area contributed by atoms with Crippen LogP contribution in [0.15, 0.2) is 86.0 Å². The molecular weight excluding hydrogens is 597 g/mol. The maximum absolute atomic E-state index is 6.92. The highest BCUT2D eigenvalue weighted by molar-refractivity contribution is 5.78. The van der Waals surface area contributed by atoms with Crippen LogP contribution in [0, 0.1) is 53.4 Å². The number of allylic oxidation sites excluding steroid dienone is 4. The summed E-state index contributed by atoms with van der Waals surface area (Å²) >= 11 is 0. The third kappa shape index (κ3) is 8.73. The van der Waals surface area contributed by atoms with E-state index in [1.54, 1.807) is 0 Å². The number of hydrogen-bond donors (Lipinski definition) is 1. The molecule has 4 rings (SSSR count). The van der Waals surface area contributed by atoms with Crippen molar-refractivity contribution in [2.45, 2.75) is 93.9 Å². The molecule has 0 aliphatic carbocycles. The third-order valence-electron chi connectivity index (χ3n) is 10.6. The van der Waals surface area contributed by atoms with E-state index in [4.69, 9.17) is 20.7 Å². The van der Waals surface area contributed by atoms with Crippen LogP contribution in [0.2, 0.25) is 0 Å². The monoisotopic (exact) mass is 652 g/mol. The van der Waals surface area contributed by atoms with E-state index >= 15 is 0 Å². The topological polar surface area (TPSA) is 64.7 Å². The van der Waals surface area contributed by atoms with Crippen molar-refractivity contribution in [3.05, 3.63) is 131 Å². The minimum atomic E-state index is 0.493. The molecule has 0 radical (unpaired) electrons. The highest BCUT2D eigenvalue weighted by atomic mass is 15.0. The normalized spacial score (nSPS) is 12.4. The summed E-state index contributed by atoms with van der Waals surface area (Å²) in [4.78, 5) is 15.4. The number of aromatic nitrogens is 3. The minimum absolute atomic E-state index is 0.493. The lowest BCUT2D eigenvalue weighted by Gasteiger charge is -2.19. The molecule has 0 fully saturated rings. The van der Waals surface area contributed by atoms with Crippen molar-refractivity contribution in [1.82, 2.24) is 15.0 Å². The average Bonchev–Trinajstić information content (AvgIpc) is 3.09. The lowest BCUT2D eigenvalue weighted by Crippen LogP contribution is -2.08. The van der Waals surface area contributed by atoms with E-state index < -0.39 is 0 Å². The molecule has 2 atom stereocenters. The first kappa shape index (κ1) is 37.3. The molecule has 1 aromatic heterocycles. The van der Waals surface area contributed by atoms with E-state index in [0.717, 1.165) is 77.6 Å². The number of rotatable bonds is 15. The number of nitrogens with zero attached hydrogens (tertiary/aromatic N) is 3. The molecular formula is C45H56N4. The smallest absolute Gasteiger partial charge is 0.166 e. The molecule has 4 heteroatoms. The van der Waals surface area contributed by atoms with Crippen molar-refractivity contribution >= 4 is 5.69 Å². The average molecular weight is 653 g/mol. The Labute approximate surface area is 296 Å². The molecule has 3 aromatic carbocycles. The van der Waals surface area contributed by atoms with Gasteiger partial charge >= 0.3 is 0 Å². The predicted octanol–water partition coefficient (Wildman–Crippen LogP) is 11.7. The fourth-order valence-corrected chi connectivity index (χ4v) is 6.49. The zero-order valence-corrected chi connectivity index (χ0v) is 31.3. The summed E-state index contributed by atoms with van der Waals surface area (Å²) < 4.78 is 0. The predicted molar refractivity (Wildman–Crippen MR) is 212 cm³/mol. The summed E-state index contributed by atoms with van der Waals surface area (Å²) in [6.07, 6.45) is 9.75. The van der Waals surface area contributed by atoms with Gasteiger partial charge in [0.2, 0.25) is 0 Å². The van der Waals surface area contributed by atoms with Crippen molar-refractivity contribution in [2.75, 3.05) is 5.73 Å². The molecule has 256 valence electrons. The van der Waals surface area contributed by atoms with Crippen molar-refractivity contribution in [2.24, 2.45) is 11.8 Å². The summed E-state index contributed by atoms with van der Waals surface area (Å²) in [6, 6.07) is 13.0. The zero-order chi connectivity index (χ0) is 36.0. The SMILES string of the molecule is C=CC(=C)CCC(C)Cc1ccc(-c2nc(-c3ccc(C)c(C)c3C)nc(-c3ccc(CC(C)CCC(=C)C=C)c(C)c3N)n2)c(C)c1C. The first-order chi connectivity index (χ1) is 23.2. The van der Waals surface area contributed by atoms with Crippen LogP contribution in [0.3, 0.4) is 0 Å². The van der Waals surface area contributed by atoms with Crippen LogP contribution in [0.5, 0.6) is 0 Å². The maximum Gasteiger partial charge on any atom is 0.166 e. The Kier molecular flexibility index (Phi) is 12.3. The van der Waals surface area contributed by atoms with E-state index in [1.807, 2.05) is 12.2 Å². The van der Waals surface area contributed by atoms with Crippen molar-refractivity contribution in [1.29, 1.82) is 0 Å². The molecule has 2 N–H and O–H groups in total. The molecule has 2 unspecified atom stereocenters. The van der Waals surface area contributed by atoms with E-state index in [9.17, 15) is 0 Å². The first-order valence-corrected chi connectivity index (χ1v) is 17.7. The Morgan fingerprint density at radius 1 is 0.592 bits per heavy atom. The number of hydrogen-bond acceptors (Lipinski definition) is 4. The van der Waals surface area contributed by atoms with Gasteiger partial charge in [0.1, 0.15) is 0 Å². The van der Waals surface area contributed by atoms with Crippen molar-refractivity contribution in [3.63, 3.8) is 0 Å². The lowest BCUT2D eigenvalue weighted by molar-refractivity contribution is 0.530. The van der Waals surface area contributed by atoms with Gasteiger partial charge in [0.15, 0.2) is 17.5 Å².